The molecule has 0 radical (unpaired) electrons. The molecule has 1 N–H and O–H groups in total. The Labute approximate surface area is 222 Å². The molecule has 0 saturated carbocycles. The lowest BCUT2D eigenvalue weighted by molar-refractivity contribution is -0.117. The molecule has 5 aromatic rings. The molecular formula is C28H24N6O3S. The fraction of sp³-hybridized carbons (Fsp3) is 0.179. The van der Waals surface area contributed by atoms with Gasteiger partial charge in [0.2, 0.25) is 11.5 Å². The van der Waals surface area contributed by atoms with Gasteiger partial charge in [0.15, 0.2) is 5.01 Å². The largest absolute Gasteiger partial charge is 0.344 e. The van der Waals surface area contributed by atoms with Crippen LogP contribution < -0.4 is 15.8 Å². The van der Waals surface area contributed by atoms with E-state index in [1.54, 1.807) is 41.3 Å². The lowest BCUT2D eigenvalue weighted by atomic mass is 9.99. The molecule has 1 saturated heterocycles. The van der Waals surface area contributed by atoms with E-state index < -0.39 is 6.04 Å². The van der Waals surface area contributed by atoms with Gasteiger partial charge in [0, 0.05) is 47.9 Å². The zero-order valence-electron chi connectivity index (χ0n) is 20.7. The maximum Gasteiger partial charge on any atom is 0.280 e. The van der Waals surface area contributed by atoms with Gasteiger partial charge in [-0.15, -0.1) is 11.3 Å². The first-order chi connectivity index (χ1) is 18.4. The minimum Gasteiger partial charge on any atom is -0.344 e. The average Bonchev–Trinajstić information content (AvgIpc) is 3.62. The summed E-state index contributed by atoms with van der Waals surface area (Å²) in [4.78, 5) is 45.1. The molecule has 2 amide bonds. The van der Waals surface area contributed by atoms with Crippen LogP contribution in [0.2, 0.25) is 0 Å². The van der Waals surface area contributed by atoms with Gasteiger partial charge in [-0.1, -0.05) is 30.3 Å². The Morgan fingerprint density at radius 1 is 1.03 bits per heavy atom. The monoisotopic (exact) mass is 524 g/mol. The molecule has 0 aliphatic carbocycles. The van der Waals surface area contributed by atoms with E-state index in [0.717, 1.165) is 32.7 Å². The third kappa shape index (κ3) is 4.18. The second-order valence-electron chi connectivity index (χ2n) is 9.32. The van der Waals surface area contributed by atoms with Crippen molar-refractivity contribution >= 4 is 39.7 Å². The number of fused-ring (bicyclic) bond motifs is 1. The number of amides is 2. The summed E-state index contributed by atoms with van der Waals surface area (Å²) in [6, 6.07) is 17.9. The van der Waals surface area contributed by atoms with Gasteiger partial charge in [-0.2, -0.15) is 5.10 Å². The van der Waals surface area contributed by atoms with Crippen LogP contribution >= 0.6 is 11.3 Å². The summed E-state index contributed by atoms with van der Waals surface area (Å²) in [6.45, 7) is 1.90. The molecule has 9 nitrogen and oxygen atoms in total. The molecule has 190 valence electrons. The third-order valence-electron chi connectivity index (χ3n) is 6.74. The van der Waals surface area contributed by atoms with Crippen LogP contribution in [0.4, 0.5) is 5.69 Å². The van der Waals surface area contributed by atoms with Crippen LogP contribution in [0.15, 0.2) is 84.0 Å². The van der Waals surface area contributed by atoms with Crippen LogP contribution in [0.25, 0.3) is 16.6 Å². The number of nitrogens with zero attached hydrogens (tertiary/aromatic N) is 5. The van der Waals surface area contributed by atoms with E-state index in [0.29, 0.717) is 5.01 Å². The van der Waals surface area contributed by atoms with E-state index in [9.17, 15) is 14.4 Å². The Morgan fingerprint density at radius 3 is 2.55 bits per heavy atom. The highest BCUT2D eigenvalue weighted by Gasteiger charge is 2.42. The van der Waals surface area contributed by atoms with Gasteiger partial charge in [0.05, 0.1) is 29.5 Å². The molecular weight excluding hydrogens is 500 g/mol. The maximum atomic E-state index is 13.4. The van der Waals surface area contributed by atoms with E-state index >= 15 is 0 Å². The first-order valence-electron chi connectivity index (χ1n) is 12.1. The number of aromatic nitrogens is 4. The highest BCUT2D eigenvalue weighted by molar-refractivity contribution is 7.13. The minimum absolute atomic E-state index is 0.0794. The van der Waals surface area contributed by atoms with Crippen molar-refractivity contribution in [3.05, 3.63) is 105 Å². The van der Waals surface area contributed by atoms with Crippen LogP contribution in [0.3, 0.4) is 0 Å². The number of aryl methyl sites for hydroxylation is 2. The Hall–Kier alpha value is -4.57. The summed E-state index contributed by atoms with van der Waals surface area (Å²) >= 11 is 1.33. The SMILES string of the molecule is Cc1cnc(C(=O)NC2CC(=O)N(c3ccc4c(cnn4-c4ccc(=O)n(C)c4)c3)C2c2ccccc2)s1. The molecule has 2 aromatic carbocycles. The quantitative estimate of drug-likeness (QED) is 0.377. The molecule has 4 heterocycles. The van der Waals surface area contributed by atoms with Crippen molar-refractivity contribution in [1.82, 2.24) is 24.6 Å². The van der Waals surface area contributed by atoms with Gasteiger partial charge in [-0.05, 0) is 36.8 Å². The summed E-state index contributed by atoms with van der Waals surface area (Å²) in [6.07, 6.45) is 5.32. The number of rotatable bonds is 5. The van der Waals surface area contributed by atoms with Crippen molar-refractivity contribution in [1.29, 1.82) is 0 Å². The summed E-state index contributed by atoms with van der Waals surface area (Å²) in [5.74, 6) is -0.359. The van der Waals surface area contributed by atoms with Crippen LogP contribution in [0.1, 0.15) is 32.7 Å². The number of hydrogen-bond donors (Lipinski definition) is 1. The lowest BCUT2D eigenvalue weighted by Gasteiger charge is -2.29. The van der Waals surface area contributed by atoms with Gasteiger partial charge in [0.25, 0.3) is 5.91 Å². The molecule has 38 heavy (non-hydrogen) atoms. The van der Waals surface area contributed by atoms with Crippen LogP contribution in [0.5, 0.6) is 0 Å². The van der Waals surface area contributed by atoms with Crippen LogP contribution in [-0.4, -0.2) is 37.2 Å². The van der Waals surface area contributed by atoms with Crippen molar-refractivity contribution in [3.63, 3.8) is 0 Å². The highest BCUT2D eigenvalue weighted by Crippen LogP contribution is 2.38. The van der Waals surface area contributed by atoms with E-state index in [4.69, 9.17) is 0 Å². The Balaban J connectivity index is 1.37. The van der Waals surface area contributed by atoms with Gasteiger partial charge in [0.1, 0.15) is 0 Å². The van der Waals surface area contributed by atoms with Gasteiger partial charge in [-0.25, -0.2) is 9.67 Å². The number of benzene rings is 2. The molecule has 0 spiro atoms. The number of nitrogens with one attached hydrogen (secondary N) is 1. The third-order valence-corrected chi connectivity index (χ3v) is 7.65. The topological polar surface area (TPSA) is 102 Å². The second kappa shape index (κ2) is 9.38. The summed E-state index contributed by atoms with van der Waals surface area (Å²) in [7, 11) is 1.70. The molecule has 10 heteroatoms. The average molecular weight is 525 g/mol. The maximum absolute atomic E-state index is 13.4. The van der Waals surface area contributed by atoms with E-state index in [1.807, 2.05) is 55.5 Å². The number of pyridine rings is 1. The lowest BCUT2D eigenvalue weighted by Crippen LogP contribution is -2.40. The number of carbonyl (C=O) groups excluding carboxylic acids is 2. The van der Waals surface area contributed by atoms with Crippen molar-refractivity contribution < 1.29 is 9.59 Å². The second-order valence-corrected chi connectivity index (χ2v) is 10.6. The number of anilines is 1. The van der Waals surface area contributed by atoms with Crippen molar-refractivity contribution in [2.45, 2.75) is 25.4 Å². The zero-order chi connectivity index (χ0) is 26.4. The molecule has 1 aliphatic heterocycles. The van der Waals surface area contributed by atoms with Gasteiger partial charge >= 0.3 is 0 Å². The van der Waals surface area contributed by atoms with Crippen molar-refractivity contribution in [3.8, 4) is 5.69 Å². The van der Waals surface area contributed by atoms with Gasteiger partial charge < -0.3 is 14.8 Å². The normalized spacial score (nSPS) is 17.3. The van der Waals surface area contributed by atoms with E-state index in [-0.39, 0.29) is 29.8 Å². The Kier molecular flexibility index (Phi) is 5.88. The molecule has 2 unspecified atom stereocenters. The Bertz CT molecular complexity index is 1740. The molecule has 0 bridgehead atoms. The van der Waals surface area contributed by atoms with E-state index in [1.165, 1.54) is 22.0 Å². The predicted molar refractivity (Wildman–Crippen MR) is 146 cm³/mol. The van der Waals surface area contributed by atoms with Crippen LogP contribution in [0, 0.1) is 6.92 Å². The standard InChI is InChI=1S/C28H24N6O3S/c1-17-14-29-28(38-17)27(37)31-22-13-25(36)33(26(22)18-6-4-3-5-7-18)20-8-10-23-19(12-20)15-30-34(23)21-9-11-24(35)32(2)16-21/h3-12,14-16,22,26H,13H2,1-2H3,(H,31,37). The number of hydrogen-bond acceptors (Lipinski definition) is 6. The first kappa shape index (κ1) is 23.8. The number of thiazole rings is 1. The summed E-state index contributed by atoms with van der Waals surface area (Å²) < 4.78 is 3.27. The van der Waals surface area contributed by atoms with Crippen molar-refractivity contribution in [2.24, 2.45) is 7.05 Å². The molecule has 1 aliphatic rings. The number of carbonyl (C=O) groups is 2. The summed E-state index contributed by atoms with van der Waals surface area (Å²) in [5, 5.41) is 8.82. The fourth-order valence-electron chi connectivity index (χ4n) is 4.97. The van der Waals surface area contributed by atoms with Crippen LogP contribution in [-0.2, 0) is 11.8 Å². The Morgan fingerprint density at radius 2 is 1.82 bits per heavy atom. The highest BCUT2D eigenvalue weighted by atomic mass is 32.1. The summed E-state index contributed by atoms with van der Waals surface area (Å²) in [5.41, 5.74) is 3.16. The predicted octanol–water partition coefficient (Wildman–Crippen LogP) is 3.77. The molecule has 1 fully saturated rings. The fourth-order valence-corrected chi connectivity index (χ4v) is 5.64. The van der Waals surface area contributed by atoms with E-state index in [2.05, 4.69) is 15.4 Å². The van der Waals surface area contributed by atoms with Gasteiger partial charge in [-0.3, -0.25) is 14.4 Å². The smallest absolute Gasteiger partial charge is 0.280 e. The minimum atomic E-state index is -0.425. The van der Waals surface area contributed by atoms with Crippen molar-refractivity contribution in [2.75, 3.05) is 4.90 Å². The zero-order valence-corrected chi connectivity index (χ0v) is 21.6. The molecule has 3 aromatic heterocycles. The molecule has 2 atom stereocenters. The first-order valence-corrected chi connectivity index (χ1v) is 13.0. The molecule has 6 rings (SSSR count).